The van der Waals surface area contributed by atoms with Crippen LogP contribution >= 0.6 is 11.6 Å². The van der Waals surface area contributed by atoms with Crippen LogP contribution in [0.15, 0.2) is 109 Å². The molecular weight excluding hydrogens is 448 g/mol. The van der Waals surface area contributed by atoms with Crippen molar-refractivity contribution < 1.29 is 0 Å². The van der Waals surface area contributed by atoms with Gasteiger partial charge in [0.2, 0.25) is 0 Å². The maximum atomic E-state index is 6.18. The van der Waals surface area contributed by atoms with Gasteiger partial charge in [-0.15, -0.1) is 0 Å². The van der Waals surface area contributed by atoms with E-state index >= 15 is 0 Å². The molecule has 0 aliphatic heterocycles. The SMILES string of the molecule is CC(NCc1cnc2ccccc2c1)C(C/C=C/c1ccc2ccccc2c1)c1ccc(Cl)cc1. The number of para-hydroxylation sites is 1. The third-order valence-electron chi connectivity index (χ3n) is 6.65. The summed E-state index contributed by atoms with van der Waals surface area (Å²) in [6.45, 7) is 3.04. The Balaban J connectivity index is 1.31. The monoisotopic (exact) mass is 476 g/mol. The van der Waals surface area contributed by atoms with Crippen LogP contribution in [0.2, 0.25) is 5.02 Å². The first-order chi connectivity index (χ1) is 17.2. The molecule has 0 spiro atoms. The number of hydrogen-bond acceptors (Lipinski definition) is 2. The summed E-state index contributed by atoms with van der Waals surface area (Å²) in [5.41, 5.74) is 4.73. The van der Waals surface area contributed by atoms with Crippen LogP contribution in [0.1, 0.15) is 36.0 Å². The summed E-state index contributed by atoms with van der Waals surface area (Å²) in [6, 6.07) is 34.1. The summed E-state index contributed by atoms with van der Waals surface area (Å²) in [5.74, 6) is 0.317. The van der Waals surface area contributed by atoms with Crippen molar-refractivity contribution >= 4 is 39.4 Å². The van der Waals surface area contributed by atoms with Gasteiger partial charge in [-0.25, -0.2) is 0 Å². The molecule has 4 aromatic carbocycles. The summed E-state index contributed by atoms with van der Waals surface area (Å²) in [4.78, 5) is 4.61. The molecule has 5 aromatic rings. The average Bonchev–Trinajstić information content (AvgIpc) is 2.90. The van der Waals surface area contributed by atoms with Gasteiger partial charge >= 0.3 is 0 Å². The summed E-state index contributed by atoms with van der Waals surface area (Å²) in [7, 11) is 0. The zero-order valence-corrected chi connectivity index (χ0v) is 20.6. The Morgan fingerprint density at radius 1 is 0.829 bits per heavy atom. The number of halogens is 1. The smallest absolute Gasteiger partial charge is 0.0702 e. The van der Waals surface area contributed by atoms with Crippen molar-refractivity contribution in [1.29, 1.82) is 0 Å². The van der Waals surface area contributed by atoms with Crippen molar-refractivity contribution in [2.24, 2.45) is 0 Å². The molecule has 2 unspecified atom stereocenters. The van der Waals surface area contributed by atoms with Crippen LogP contribution in [0.5, 0.6) is 0 Å². The standard InChI is InChI=1S/C32H29ClN2/c1-23(34-21-25-20-29-10-4-5-12-32(29)35-22-25)31(27-15-17-30(33)18-16-27)11-6-7-24-13-14-26-8-2-3-9-28(26)19-24/h2-10,12-20,22-23,31,34H,11,21H2,1H3/b7-6+. The Hall–Kier alpha value is -3.46. The lowest BCUT2D eigenvalue weighted by atomic mass is 9.89. The Labute approximate surface area is 212 Å². The molecule has 2 nitrogen and oxygen atoms in total. The number of nitrogens with one attached hydrogen (secondary N) is 1. The normalized spacial score (nSPS) is 13.4. The molecule has 35 heavy (non-hydrogen) atoms. The van der Waals surface area contributed by atoms with Gasteiger partial charge in [-0.3, -0.25) is 4.98 Å². The molecule has 1 aromatic heterocycles. The Morgan fingerprint density at radius 2 is 1.57 bits per heavy atom. The lowest BCUT2D eigenvalue weighted by molar-refractivity contribution is 0.460. The number of pyridine rings is 1. The number of fused-ring (bicyclic) bond motifs is 2. The van der Waals surface area contributed by atoms with E-state index in [2.05, 4.69) is 102 Å². The highest BCUT2D eigenvalue weighted by Gasteiger charge is 2.18. The van der Waals surface area contributed by atoms with Gasteiger partial charge in [0.1, 0.15) is 0 Å². The fourth-order valence-corrected chi connectivity index (χ4v) is 4.76. The number of aromatic nitrogens is 1. The average molecular weight is 477 g/mol. The molecule has 2 atom stereocenters. The number of allylic oxidation sites excluding steroid dienone is 1. The third kappa shape index (κ3) is 5.79. The van der Waals surface area contributed by atoms with E-state index in [1.165, 1.54) is 32.8 Å². The quantitative estimate of drug-likeness (QED) is 0.243. The Morgan fingerprint density at radius 3 is 2.40 bits per heavy atom. The van der Waals surface area contributed by atoms with E-state index < -0.39 is 0 Å². The molecule has 174 valence electrons. The largest absolute Gasteiger partial charge is 0.310 e. The fourth-order valence-electron chi connectivity index (χ4n) is 4.64. The van der Waals surface area contributed by atoms with Crippen LogP contribution in [-0.4, -0.2) is 11.0 Å². The molecule has 3 heteroatoms. The second-order valence-electron chi connectivity index (χ2n) is 9.11. The maximum Gasteiger partial charge on any atom is 0.0702 e. The van der Waals surface area contributed by atoms with Crippen molar-refractivity contribution in [1.82, 2.24) is 10.3 Å². The molecule has 0 bridgehead atoms. The minimum atomic E-state index is 0.267. The Kier molecular flexibility index (Phi) is 7.23. The van der Waals surface area contributed by atoms with E-state index in [0.29, 0.717) is 5.92 Å². The molecule has 0 amide bonds. The van der Waals surface area contributed by atoms with Crippen LogP contribution in [0, 0.1) is 0 Å². The van der Waals surface area contributed by atoms with E-state index in [-0.39, 0.29) is 6.04 Å². The van der Waals surface area contributed by atoms with E-state index in [0.717, 1.165) is 23.5 Å². The van der Waals surface area contributed by atoms with E-state index in [1.54, 1.807) is 0 Å². The summed E-state index contributed by atoms with van der Waals surface area (Å²) in [6.07, 6.45) is 7.42. The highest BCUT2D eigenvalue weighted by Crippen LogP contribution is 2.27. The van der Waals surface area contributed by atoms with Gasteiger partial charge in [0.25, 0.3) is 0 Å². The van der Waals surface area contributed by atoms with Gasteiger partial charge in [-0.1, -0.05) is 90.5 Å². The third-order valence-corrected chi connectivity index (χ3v) is 6.90. The Bertz CT molecular complexity index is 1460. The van der Waals surface area contributed by atoms with Crippen molar-refractivity contribution in [3.8, 4) is 0 Å². The topological polar surface area (TPSA) is 24.9 Å². The van der Waals surface area contributed by atoms with Gasteiger partial charge in [-0.05, 0) is 71.1 Å². The lowest BCUT2D eigenvalue weighted by Crippen LogP contribution is -2.31. The van der Waals surface area contributed by atoms with Crippen LogP contribution in [0.25, 0.3) is 27.8 Å². The van der Waals surface area contributed by atoms with Crippen molar-refractivity contribution in [2.45, 2.75) is 31.8 Å². The molecule has 0 saturated carbocycles. The molecular formula is C32H29ClN2. The van der Waals surface area contributed by atoms with Gasteiger partial charge in [0, 0.05) is 35.1 Å². The van der Waals surface area contributed by atoms with Crippen molar-refractivity contribution in [3.05, 3.63) is 131 Å². The van der Waals surface area contributed by atoms with Gasteiger partial charge in [-0.2, -0.15) is 0 Å². The van der Waals surface area contributed by atoms with E-state index in [1.807, 2.05) is 30.5 Å². The number of rotatable bonds is 8. The summed E-state index contributed by atoms with van der Waals surface area (Å²) in [5, 5.41) is 8.22. The first-order valence-corrected chi connectivity index (χ1v) is 12.5. The number of nitrogens with zero attached hydrogens (tertiary/aromatic N) is 1. The summed E-state index contributed by atoms with van der Waals surface area (Å²) < 4.78 is 0. The molecule has 0 aliphatic rings. The minimum Gasteiger partial charge on any atom is -0.310 e. The number of hydrogen-bond donors (Lipinski definition) is 1. The van der Waals surface area contributed by atoms with Crippen LogP contribution < -0.4 is 5.32 Å². The molecule has 0 aliphatic carbocycles. The van der Waals surface area contributed by atoms with Crippen molar-refractivity contribution in [3.63, 3.8) is 0 Å². The van der Waals surface area contributed by atoms with Crippen molar-refractivity contribution in [2.75, 3.05) is 0 Å². The molecule has 1 N–H and O–H groups in total. The van der Waals surface area contributed by atoms with Crippen LogP contribution in [0.4, 0.5) is 0 Å². The minimum absolute atomic E-state index is 0.267. The van der Waals surface area contributed by atoms with Gasteiger partial charge < -0.3 is 5.32 Å². The van der Waals surface area contributed by atoms with Crippen LogP contribution in [-0.2, 0) is 6.54 Å². The molecule has 0 fully saturated rings. The van der Waals surface area contributed by atoms with E-state index in [9.17, 15) is 0 Å². The molecule has 0 radical (unpaired) electrons. The highest BCUT2D eigenvalue weighted by atomic mass is 35.5. The second-order valence-corrected chi connectivity index (χ2v) is 9.54. The van der Waals surface area contributed by atoms with E-state index in [4.69, 9.17) is 11.6 Å². The first-order valence-electron chi connectivity index (χ1n) is 12.1. The zero-order chi connectivity index (χ0) is 24.0. The fraction of sp³-hybridized carbons (Fsp3) is 0.156. The predicted molar refractivity (Wildman–Crippen MR) is 150 cm³/mol. The molecule has 0 saturated heterocycles. The maximum absolute atomic E-state index is 6.18. The zero-order valence-electron chi connectivity index (χ0n) is 19.9. The first kappa shape index (κ1) is 23.3. The van der Waals surface area contributed by atoms with Crippen LogP contribution in [0.3, 0.4) is 0 Å². The van der Waals surface area contributed by atoms with Gasteiger partial charge in [0.05, 0.1) is 5.52 Å². The number of benzene rings is 4. The molecule has 5 rings (SSSR count). The van der Waals surface area contributed by atoms with Gasteiger partial charge in [0.15, 0.2) is 0 Å². The lowest BCUT2D eigenvalue weighted by Gasteiger charge is -2.25. The highest BCUT2D eigenvalue weighted by molar-refractivity contribution is 6.30. The molecule has 1 heterocycles. The predicted octanol–water partition coefficient (Wildman–Crippen LogP) is 8.41. The second kappa shape index (κ2) is 10.9. The summed E-state index contributed by atoms with van der Waals surface area (Å²) >= 11 is 6.18.